The minimum atomic E-state index is 0.0357. The van der Waals surface area contributed by atoms with Gasteiger partial charge in [0.25, 0.3) is 0 Å². The molecule has 0 unspecified atom stereocenters. The molecule has 0 aromatic heterocycles. The van der Waals surface area contributed by atoms with Crippen LogP contribution in [0.4, 0.5) is 0 Å². The Hall–Kier alpha value is -0.0800. The zero-order valence-electron chi connectivity index (χ0n) is 5.51. The van der Waals surface area contributed by atoms with Gasteiger partial charge in [0.1, 0.15) is 0 Å². The number of ether oxygens (including phenoxy) is 2. The van der Waals surface area contributed by atoms with Gasteiger partial charge in [-0.05, 0) is 26.2 Å². The van der Waals surface area contributed by atoms with Crippen LogP contribution in [0.2, 0.25) is 0 Å². The fourth-order valence-electron chi connectivity index (χ4n) is 0.858. The lowest BCUT2D eigenvalue weighted by Gasteiger charge is -2.05. The lowest BCUT2D eigenvalue weighted by atomic mass is 10.2. The predicted octanol–water partition coefficient (Wildman–Crippen LogP) is 1.24. The van der Waals surface area contributed by atoms with Gasteiger partial charge < -0.3 is 9.47 Å². The molecule has 0 amide bonds. The Bertz CT molecular complexity index is 67.3. The number of unbranched alkanes of at least 4 members (excludes halogenated alkanes) is 1. The van der Waals surface area contributed by atoms with Gasteiger partial charge >= 0.3 is 0 Å². The molecule has 0 aliphatic carbocycles. The fraction of sp³-hybridized carbons (Fsp3) is 0.857. The van der Waals surface area contributed by atoms with Crippen molar-refractivity contribution in [3.05, 3.63) is 6.92 Å². The molecule has 0 aromatic rings. The van der Waals surface area contributed by atoms with Gasteiger partial charge in [-0.15, -0.1) is 0 Å². The van der Waals surface area contributed by atoms with Gasteiger partial charge in [0.2, 0.25) is 0 Å². The molecular weight excluding hydrogens is 116 g/mol. The molecule has 52 valence electrons. The van der Waals surface area contributed by atoms with Crippen LogP contribution in [0.15, 0.2) is 0 Å². The normalized spacial score (nSPS) is 21.0. The van der Waals surface area contributed by atoms with Crippen molar-refractivity contribution in [2.45, 2.75) is 25.6 Å². The van der Waals surface area contributed by atoms with Gasteiger partial charge in [0.15, 0.2) is 6.29 Å². The van der Waals surface area contributed by atoms with E-state index in [1.165, 1.54) is 0 Å². The zero-order chi connectivity index (χ0) is 6.53. The van der Waals surface area contributed by atoms with Crippen LogP contribution in [0.5, 0.6) is 0 Å². The van der Waals surface area contributed by atoms with E-state index in [1.54, 1.807) is 0 Å². The Morgan fingerprint density at radius 3 is 2.56 bits per heavy atom. The summed E-state index contributed by atoms with van der Waals surface area (Å²) in [4.78, 5) is 0. The standard InChI is InChI=1S/C7H12O2/c1-2-3-4-7-8-5-6-9-7/h1,7H,2-6H2. The summed E-state index contributed by atoms with van der Waals surface area (Å²) in [5.74, 6) is 0. The van der Waals surface area contributed by atoms with Crippen molar-refractivity contribution in [2.24, 2.45) is 0 Å². The molecule has 0 bridgehead atoms. The summed E-state index contributed by atoms with van der Waals surface area (Å²) in [6.45, 7) is 6.79. The maximum atomic E-state index is 5.30. The van der Waals surface area contributed by atoms with E-state index >= 15 is 0 Å². The Balaban J connectivity index is 1.98. The van der Waals surface area contributed by atoms with E-state index in [0.717, 1.165) is 32.5 Å². The highest BCUT2D eigenvalue weighted by Crippen LogP contribution is 2.10. The molecule has 0 atom stereocenters. The first-order chi connectivity index (χ1) is 4.43. The van der Waals surface area contributed by atoms with E-state index in [2.05, 4.69) is 0 Å². The predicted molar refractivity (Wildman–Crippen MR) is 33.8 cm³/mol. The van der Waals surface area contributed by atoms with E-state index in [0.29, 0.717) is 0 Å². The Morgan fingerprint density at radius 2 is 2.00 bits per heavy atom. The van der Waals surface area contributed by atoms with Crippen LogP contribution < -0.4 is 0 Å². The molecule has 0 spiro atoms. The first-order valence-electron chi connectivity index (χ1n) is 3.37. The third kappa shape index (κ3) is 2.33. The van der Waals surface area contributed by atoms with Crippen molar-refractivity contribution < 1.29 is 9.47 Å². The third-order valence-corrected chi connectivity index (χ3v) is 1.33. The molecule has 0 N–H and O–H groups in total. The molecule has 1 heterocycles. The quantitative estimate of drug-likeness (QED) is 0.569. The second kappa shape index (κ2) is 3.85. The van der Waals surface area contributed by atoms with E-state index < -0.39 is 0 Å². The molecule has 1 saturated heterocycles. The van der Waals surface area contributed by atoms with Crippen LogP contribution in [0.3, 0.4) is 0 Å². The molecular formula is C7H12O2. The first-order valence-corrected chi connectivity index (χ1v) is 3.37. The highest BCUT2D eigenvalue weighted by atomic mass is 16.7. The van der Waals surface area contributed by atoms with Crippen LogP contribution in [-0.4, -0.2) is 19.5 Å². The van der Waals surface area contributed by atoms with Crippen LogP contribution in [0.1, 0.15) is 19.3 Å². The van der Waals surface area contributed by atoms with Crippen LogP contribution in [-0.2, 0) is 9.47 Å². The summed E-state index contributed by atoms with van der Waals surface area (Å²) in [6, 6.07) is 0. The zero-order valence-corrected chi connectivity index (χ0v) is 5.51. The third-order valence-electron chi connectivity index (χ3n) is 1.33. The monoisotopic (exact) mass is 128 g/mol. The fourth-order valence-corrected chi connectivity index (χ4v) is 0.858. The number of rotatable bonds is 3. The summed E-state index contributed by atoms with van der Waals surface area (Å²) in [5.41, 5.74) is 0. The first kappa shape index (κ1) is 7.03. The van der Waals surface area contributed by atoms with Crippen molar-refractivity contribution in [3.63, 3.8) is 0 Å². The Morgan fingerprint density at radius 1 is 1.33 bits per heavy atom. The lowest BCUT2D eigenvalue weighted by molar-refractivity contribution is -0.0475. The summed E-state index contributed by atoms with van der Waals surface area (Å²) in [5, 5.41) is 0. The van der Waals surface area contributed by atoms with Crippen LogP contribution >= 0.6 is 0 Å². The Kier molecular flexibility index (Phi) is 3.01. The molecule has 1 aliphatic heterocycles. The second-order valence-corrected chi connectivity index (χ2v) is 2.10. The van der Waals surface area contributed by atoms with Gasteiger partial charge in [0.05, 0.1) is 13.2 Å². The van der Waals surface area contributed by atoms with E-state index in [-0.39, 0.29) is 6.29 Å². The molecule has 2 heteroatoms. The van der Waals surface area contributed by atoms with Crippen LogP contribution in [0, 0.1) is 6.92 Å². The van der Waals surface area contributed by atoms with Crippen molar-refractivity contribution in [1.29, 1.82) is 0 Å². The molecule has 2 nitrogen and oxygen atoms in total. The van der Waals surface area contributed by atoms with Crippen molar-refractivity contribution in [3.8, 4) is 0 Å². The minimum absolute atomic E-state index is 0.0357. The van der Waals surface area contributed by atoms with Gasteiger partial charge in [-0.2, -0.15) is 0 Å². The summed E-state index contributed by atoms with van der Waals surface area (Å²) in [7, 11) is 0. The highest BCUT2D eigenvalue weighted by Gasteiger charge is 2.13. The molecule has 1 fully saturated rings. The lowest BCUT2D eigenvalue weighted by Crippen LogP contribution is -2.06. The molecule has 9 heavy (non-hydrogen) atoms. The van der Waals surface area contributed by atoms with E-state index in [9.17, 15) is 0 Å². The molecule has 0 saturated carbocycles. The van der Waals surface area contributed by atoms with Crippen molar-refractivity contribution >= 4 is 0 Å². The molecule has 1 rings (SSSR count). The van der Waals surface area contributed by atoms with Gasteiger partial charge in [-0.1, -0.05) is 0 Å². The van der Waals surface area contributed by atoms with Gasteiger partial charge in [-0.25, -0.2) is 0 Å². The van der Waals surface area contributed by atoms with Crippen molar-refractivity contribution in [1.82, 2.24) is 0 Å². The molecule has 2 radical (unpaired) electrons. The van der Waals surface area contributed by atoms with Gasteiger partial charge in [0, 0.05) is 0 Å². The SMILES string of the molecule is [CH]CCCC1OCCO1. The summed E-state index contributed by atoms with van der Waals surface area (Å²) in [6.07, 6.45) is 2.69. The maximum Gasteiger partial charge on any atom is 0.157 e. The highest BCUT2D eigenvalue weighted by molar-refractivity contribution is 4.52. The molecule has 0 aromatic carbocycles. The average Bonchev–Trinajstić information content (AvgIpc) is 2.34. The van der Waals surface area contributed by atoms with Crippen molar-refractivity contribution in [2.75, 3.05) is 13.2 Å². The minimum Gasteiger partial charge on any atom is -0.350 e. The van der Waals surface area contributed by atoms with E-state index in [4.69, 9.17) is 16.4 Å². The second-order valence-electron chi connectivity index (χ2n) is 2.10. The maximum absolute atomic E-state index is 5.30. The van der Waals surface area contributed by atoms with E-state index in [1.807, 2.05) is 0 Å². The molecule has 1 aliphatic rings. The largest absolute Gasteiger partial charge is 0.350 e. The smallest absolute Gasteiger partial charge is 0.157 e. The average molecular weight is 128 g/mol. The van der Waals surface area contributed by atoms with Gasteiger partial charge in [-0.3, -0.25) is 0 Å². The summed E-state index contributed by atoms with van der Waals surface area (Å²) < 4.78 is 10.4. The number of hydrogen-bond acceptors (Lipinski definition) is 2. The Labute approximate surface area is 56.2 Å². The number of hydrogen-bond donors (Lipinski definition) is 0. The summed E-state index contributed by atoms with van der Waals surface area (Å²) >= 11 is 0. The van der Waals surface area contributed by atoms with Crippen LogP contribution in [0.25, 0.3) is 0 Å². The topological polar surface area (TPSA) is 18.5 Å².